The smallest absolute Gasteiger partial charge is 0.280 e. The van der Waals surface area contributed by atoms with Gasteiger partial charge in [0.1, 0.15) is 17.8 Å². The van der Waals surface area contributed by atoms with Gasteiger partial charge in [0, 0.05) is 37.3 Å². The lowest BCUT2D eigenvalue weighted by molar-refractivity contribution is -0.144. The molecule has 2 heterocycles. The highest BCUT2D eigenvalue weighted by molar-refractivity contribution is 6.19. The molecule has 1 aromatic rings. The number of hydrogen-bond donors (Lipinski definition) is 4. The van der Waals surface area contributed by atoms with Gasteiger partial charge in [-0.25, -0.2) is 19.2 Å². The van der Waals surface area contributed by atoms with E-state index in [1.54, 1.807) is 0 Å². The summed E-state index contributed by atoms with van der Waals surface area (Å²) < 4.78 is 27.1. The van der Waals surface area contributed by atoms with Crippen LogP contribution in [-0.2, 0) is 20.9 Å². The first-order valence-electron chi connectivity index (χ1n) is 11.0. The van der Waals surface area contributed by atoms with Gasteiger partial charge in [0.2, 0.25) is 11.8 Å². The third-order valence-electron chi connectivity index (χ3n) is 5.86. The molecule has 9 nitrogen and oxygen atoms in total. The molecule has 1 aromatic carbocycles. The van der Waals surface area contributed by atoms with Crippen molar-refractivity contribution in [1.82, 2.24) is 26.0 Å². The highest BCUT2D eigenvalue weighted by atomic mass is 19.1. The van der Waals surface area contributed by atoms with Gasteiger partial charge in [0.25, 0.3) is 11.8 Å². The number of fused-ring (bicyclic) bond motifs is 1. The molecule has 4 N–H and O–H groups in total. The predicted octanol–water partition coefficient (Wildman–Crippen LogP) is 0.890. The summed E-state index contributed by atoms with van der Waals surface area (Å²) in [5.41, 5.74) is 2.62. The summed E-state index contributed by atoms with van der Waals surface area (Å²) in [5, 5.41) is 17.5. The molecule has 1 aliphatic carbocycles. The van der Waals surface area contributed by atoms with E-state index in [9.17, 15) is 28.3 Å². The molecule has 3 amide bonds. The number of nitrogens with one attached hydrogen (secondary N) is 3. The van der Waals surface area contributed by atoms with E-state index in [2.05, 4.69) is 16.1 Å². The van der Waals surface area contributed by atoms with Crippen LogP contribution < -0.4 is 16.1 Å². The number of hydrazine groups is 1. The average Bonchev–Trinajstić information content (AvgIpc) is 3.44. The van der Waals surface area contributed by atoms with Crippen LogP contribution in [0.25, 0.3) is 0 Å². The molecule has 2 aliphatic heterocycles. The molecule has 2 fully saturated rings. The van der Waals surface area contributed by atoms with Gasteiger partial charge in [0.15, 0.2) is 5.57 Å². The standard InChI is InChI=1S/C22H27F2N5O4/c1-11(2)10-28-20-15(18(30)25-8-12-3-4-13(23)7-16(12)24)9-26-29(20)22(33)17(21(28)32)19(31)27-14-5-6-14/h3-4,7,11,14-15,20,26,32H,5-6,8-10H2,1-2H3,(H,25,30)(H,27,31). The summed E-state index contributed by atoms with van der Waals surface area (Å²) >= 11 is 0. The number of aliphatic hydroxyl groups excluding tert-OH is 1. The number of hydrogen-bond acceptors (Lipinski definition) is 6. The largest absolute Gasteiger partial charge is 0.494 e. The van der Waals surface area contributed by atoms with Crippen LogP contribution in [0.4, 0.5) is 8.78 Å². The maximum atomic E-state index is 13.9. The second-order valence-electron chi connectivity index (χ2n) is 9.00. The van der Waals surface area contributed by atoms with Crippen LogP contribution in [0.3, 0.4) is 0 Å². The molecular weight excluding hydrogens is 436 g/mol. The SMILES string of the molecule is CC(C)CN1C(O)=C(C(=O)NC2CC2)C(=O)N2NCC(C(=O)NCc3ccc(F)cc3F)C12. The van der Waals surface area contributed by atoms with Gasteiger partial charge in [0.05, 0.1) is 5.92 Å². The molecule has 0 aromatic heterocycles. The fraction of sp³-hybridized carbons (Fsp3) is 0.500. The Morgan fingerprint density at radius 1 is 1.27 bits per heavy atom. The molecule has 0 radical (unpaired) electrons. The van der Waals surface area contributed by atoms with E-state index in [4.69, 9.17) is 0 Å². The van der Waals surface area contributed by atoms with Crippen LogP contribution in [0, 0.1) is 23.5 Å². The van der Waals surface area contributed by atoms with Crippen molar-refractivity contribution in [2.45, 2.75) is 45.4 Å². The Morgan fingerprint density at radius 3 is 2.64 bits per heavy atom. The zero-order valence-corrected chi connectivity index (χ0v) is 18.4. The number of carbonyl (C=O) groups is 3. The van der Waals surface area contributed by atoms with Crippen molar-refractivity contribution in [3.05, 3.63) is 46.9 Å². The minimum atomic E-state index is -0.865. The molecule has 3 aliphatic rings. The average molecular weight is 463 g/mol. The number of rotatable bonds is 7. The zero-order valence-electron chi connectivity index (χ0n) is 18.4. The monoisotopic (exact) mass is 463 g/mol. The molecule has 33 heavy (non-hydrogen) atoms. The van der Waals surface area contributed by atoms with E-state index in [-0.39, 0.29) is 36.2 Å². The van der Waals surface area contributed by atoms with Crippen LogP contribution in [0.1, 0.15) is 32.3 Å². The lowest BCUT2D eigenvalue weighted by atomic mass is 10.0. The summed E-state index contributed by atoms with van der Waals surface area (Å²) in [6, 6.07) is 3.09. The van der Waals surface area contributed by atoms with Crippen molar-refractivity contribution in [3.8, 4) is 0 Å². The summed E-state index contributed by atoms with van der Waals surface area (Å²) in [7, 11) is 0. The molecule has 2 unspecified atom stereocenters. The van der Waals surface area contributed by atoms with Gasteiger partial charge in [-0.1, -0.05) is 19.9 Å². The number of halogens is 2. The quantitative estimate of drug-likeness (QED) is 0.447. The molecule has 0 spiro atoms. The van der Waals surface area contributed by atoms with Crippen molar-refractivity contribution in [2.24, 2.45) is 11.8 Å². The van der Waals surface area contributed by atoms with Crippen LogP contribution in [0.2, 0.25) is 0 Å². The number of nitrogens with zero attached hydrogens (tertiary/aromatic N) is 2. The fourth-order valence-electron chi connectivity index (χ4n) is 4.09. The van der Waals surface area contributed by atoms with E-state index in [1.807, 2.05) is 13.8 Å². The minimum Gasteiger partial charge on any atom is -0.494 e. The first kappa shape index (κ1) is 23.0. The Hall–Kier alpha value is -3.21. The third kappa shape index (κ3) is 4.63. The van der Waals surface area contributed by atoms with E-state index in [0.717, 1.165) is 25.0 Å². The Bertz CT molecular complexity index is 1010. The van der Waals surface area contributed by atoms with Gasteiger partial charge < -0.3 is 20.6 Å². The number of carbonyl (C=O) groups excluding carboxylic acids is 3. The zero-order chi connectivity index (χ0) is 23.9. The molecule has 0 bridgehead atoms. The summed E-state index contributed by atoms with van der Waals surface area (Å²) in [5.74, 6) is -4.53. The molecule has 11 heteroatoms. The van der Waals surface area contributed by atoms with E-state index in [0.29, 0.717) is 6.54 Å². The third-order valence-corrected chi connectivity index (χ3v) is 5.86. The van der Waals surface area contributed by atoms with Gasteiger partial charge in [-0.3, -0.25) is 14.4 Å². The molecular formula is C22H27F2N5O4. The molecule has 1 saturated carbocycles. The predicted molar refractivity (Wildman–Crippen MR) is 113 cm³/mol. The Morgan fingerprint density at radius 2 is 2.00 bits per heavy atom. The van der Waals surface area contributed by atoms with E-state index >= 15 is 0 Å². The Kier molecular flexibility index (Phi) is 6.24. The molecule has 4 rings (SSSR count). The Balaban J connectivity index is 1.55. The maximum Gasteiger partial charge on any atom is 0.280 e. The fourth-order valence-corrected chi connectivity index (χ4v) is 4.09. The minimum absolute atomic E-state index is 0.00112. The summed E-state index contributed by atoms with van der Waals surface area (Å²) in [6.07, 6.45) is 0.784. The first-order chi connectivity index (χ1) is 15.7. The van der Waals surface area contributed by atoms with Crippen LogP contribution in [-0.4, -0.2) is 58.0 Å². The highest BCUT2D eigenvalue weighted by Crippen LogP contribution is 2.32. The van der Waals surface area contributed by atoms with Crippen LogP contribution in [0.5, 0.6) is 0 Å². The second-order valence-corrected chi connectivity index (χ2v) is 9.00. The van der Waals surface area contributed by atoms with Crippen molar-refractivity contribution < 1.29 is 28.3 Å². The van der Waals surface area contributed by atoms with Gasteiger partial charge in [-0.05, 0) is 24.8 Å². The van der Waals surface area contributed by atoms with Crippen LogP contribution in [0.15, 0.2) is 29.7 Å². The molecule has 2 atom stereocenters. The summed E-state index contributed by atoms with van der Waals surface area (Å²) in [4.78, 5) is 40.2. The van der Waals surface area contributed by atoms with Crippen molar-refractivity contribution in [2.75, 3.05) is 13.1 Å². The lowest BCUT2D eigenvalue weighted by Crippen LogP contribution is -2.60. The van der Waals surface area contributed by atoms with Gasteiger partial charge in [-0.2, -0.15) is 0 Å². The topological polar surface area (TPSA) is 114 Å². The molecule has 1 saturated heterocycles. The maximum absolute atomic E-state index is 13.9. The number of amides is 3. The van der Waals surface area contributed by atoms with Crippen molar-refractivity contribution in [1.29, 1.82) is 0 Å². The first-order valence-corrected chi connectivity index (χ1v) is 11.0. The highest BCUT2D eigenvalue weighted by Gasteiger charge is 2.52. The summed E-state index contributed by atoms with van der Waals surface area (Å²) in [6.45, 7) is 4.02. The van der Waals surface area contributed by atoms with E-state index in [1.165, 1.54) is 16.0 Å². The Labute approximate surface area is 189 Å². The second kappa shape index (κ2) is 8.97. The van der Waals surface area contributed by atoms with Gasteiger partial charge >= 0.3 is 0 Å². The lowest BCUT2D eigenvalue weighted by Gasteiger charge is -2.42. The number of aliphatic hydroxyl groups is 1. The van der Waals surface area contributed by atoms with E-state index < -0.39 is 47.3 Å². The van der Waals surface area contributed by atoms with Crippen molar-refractivity contribution in [3.63, 3.8) is 0 Å². The van der Waals surface area contributed by atoms with Gasteiger partial charge in [-0.15, -0.1) is 0 Å². The molecule has 178 valence electrons. The van der Waals surface area contributed by atoms with Crippen molar-refractivity contribution >= 4 is 17.7 Å². The number of benzene rings is 1. The normalized spacial score (nSPS) is 22.6. The van der Waals surface area contributed by atoms with Crippen LogP contribution >= 0.6 is 0 Å².